The molecule has 0 heterocycles. The molecule has 0 aliphatic heterocycles. The number of halogens is 2. The van der Waals surface area contributed by atoms with Crippen LogP contribution in [0.3, 0.4) is 0 Å². The maximum atomic E-state index is 11.7. The molecule has 1 atom stereocenters. The van der Waals surface area contributed by atoms with Gasteiger partial charge in [0.05, 0.1) is 10.9 Å². The lowest BCUT2D eigenvalue weighted by Gasteiger charge is -2.19. The van der Waals surface area contributed by atoms with E-state index >= 15 is 0 Å². The number of hydrogen-bond acceptors (Lipinski definition) is 4. The SMILES string of the molecule is CS(=O)(=O)c1cccc(C(NN)c2cc(Cl)ccc2Cl)c1. The minimum absolute atomic E-state index is 0.221. The van der Waals surface area contributed by atoms with Crippen molar-refractivity contribution >= 4 is 33.0 Å². The van der Waals surface area contributed by atoms with Gasteiger partial charge in [-0.05, 0) is 41.5 Å². The van der Waals surface area contributed by atoms with Gasteiger partial charge in [-0.15, -0.1) is 0 Å². The van der Waals surface area contributed by atoms with E-state index in [4.69, 9.17) is 29.0 Å². The van der Waals surface area contributed by atoms with E-state index < -0.39 is 15.9 Å². The van der Waals surface area contributed by atoms with Gasteiger partial charge in [-0.1, -0.05) is 35.3 Å². The molecule has 0 aliphatic carbocycles. The lowest BCUT2D eigenvalue weighted by molar-refractivity contribution is 0.600. The summed E-state index contributed by atoms with van der Waals surface area (Å²) in [5, 5.41) is 1.01. The van der Waals surface area contributed by atoms with Crippen LogP contribution < -0.4 is 11.3 Å². The third-order valence-electron chi connectivity index (χ3n) is 3.06. The first-order chi connectivity index (χ1) is 9.82. The molecule has 21 heavy (non-hydrogen) atoms. The minimum Gasteiger partial charge on any atom is -0.271 e. The van der Waals surface area contributed by atoms with Crippen molar-refractivity contribution in [2.24, 2.45) is 5.84 Å². The Kier molecular flexibility index (Phi) is 4.91. The second kappa shape index (κ2) is 6.34. The number of nitrogens with two attached hydrogens (primary N) is 1. The van der Waals surface area contributed by atoms with E-state index in [1.165, 1.54) is 6.07 Å². The van der Waals surface area contributed by atoms with E-state index in [0.29, 0.717) is 21.2 Å². The lowest BCUT2D eigenvalue weighted by atomic mass is 9.99. The highest BCUT2D eigenvalue weighted by Gasteiger charge is 2.18. The fourth-order valence-corrected chi connectivity index (χ4v) is 3.11. The van der Waals surface area contributed by atoms with Crippen LogP contribution in [-0.4, -0.2) is 14.7 Å². The van der Waals surface area contributed by atoms with E-state index in [0.717, 1.165) is 6.26 Å². The monoisotopic (exact) mass is 344 g/mol. The van der Waals surface area contributed by atoms with Crippen molar-refractivity contribution in [1.82, 2.24) is 5.43 Å². The van der Waals surface area contributed by atoms with Crippen molar-refractivity contribution in [2.45, 2.75) is 10.9 Å². The van der Waals surface area contributed by atoms with Crippen LogP contribution in [0.15, 0.2) is 47.4 Å². The van der Waals surface area contributed by atoms with Gasteiger partial charge < -0.3 is 0 Å². The molecule has 4 nitrogen and oxygen atoms in total. The summed E-state index contributed by atoms with van der Waals surface area (Å²) in [7, 11) is -3.30. The summed E-state index contributed by atoms with van der Waals surface area (Å²) in [5.74, 6) is 5.61. The maximum absolute atomic E-state index is 11.7. The molecule has 0 bridgehead atoms. The first-order valence-electron chi connectivity index (χ1n) is 6.04. The largest absolute Gasteiger partial charge is 0.271 e. The highest BCUT2D eigenvalue weighted by atomic mass is 35.5. The summed E-state index contributed by atoms with van der Waals surface area (Å²) in [5.41, 5.74) is 4.01. The molecule has 0 saturated carbocycles. The number of hydrazine groups is 1. The standard InChI is InChI=1S/C14H14Cl2N2O2S/c1-21(19,20)11-4-2-3-9(7-11)14(18-17)12-8-10(15)5-6-13(12)16/h2-8,14,18H,17H2,1H3. The van der Waals surface area contributed by atoms with E-state index in [-0.39, 0.29) is 4.90 Å². The summed E-state index contributed by atoms with van der Waals surface area (Å²) in [6.07, 6.45) is 1.16. The van der Waals surface area contributed by atoms with Gasteiger partial charge >= 0.3 is 0 Å². The van der Waals surface area contributed by atoms with Gasteiger partial charge in [0.1, 0.15) is 0 Å². The molecule has 0 aromatic heterocycles. The normalized spacial score (nSPS) is 13.1. The Morgan fingerprint density at radius 3 is 2.48 bits per heavy atom. The smallest absolute Gasteiger partial charge is 0.175 e. The zero-order chi connectivity index (χ0) is 15.6. The van der Waals surface area contributed by atoms with Crippen LogP contribution in [-0.2, 0) is 9.84 Å². The molecule has 0 fully saturated rings. The van der Waals surface area contributed by atoms with Crippen LogP contribution in [0, 0.1) is 0 Å². The van der Waals surface area contributed by atoms with Crippen LogP contribution in [0.1, 0.15) is 17.2 Å². The number of rotatable bonds is 4. The van der Waals surface area contributed by atoms with Gasteiger partial charge in [-0.25, -0.2) is 13.8 Å². The fraction of sp³-hybridized carbons (Fsp3) is 0.143. The Morgan fingerprint density at radius 1 is 1.14 bits per heavy atom. The molecule has 0 spiro atoms. The molecular formula is C14H14Cl2N2O2S. The number of benzene rings is 2. The van der Waals surface area contributed by atoms with Gasteiger partial charge in [0.25, 0.3) is 0 Å². The Morgan fingerprint density at radius 2 is 1.86 bits per heavy atom. The molecule has 0 saturated heterocycles. The average molecular weight is 345 g/mol. The van der Waals surface area contributed by atoms with E-state index in [2.05, 4.69) is 5.43 Å². The van der Waals surface area contributed by atoms with Crippen LogP contribution in [0.25, 0.3) is 0 Å². The molecule has 1 unspecified atom stereocenters. The first kappa shape index (κ1) is 16.3. The first-order valence-corrected chi connectivity index (χ1v) is 8.69. The summed E-state index contributed by atoms with van der Waals surface area (Å²) in [6.45, 7) is 0. The van der Waals surface area contributed by atoms with Gasteiger partial charge in [0.2, 0.25) is 0 Å². The molecule has 0 radical (unpaired) electrons. The van der Waals surface area contributed by atoms with Crippen molar-refractivity contribution in [3.8, 4) is 0 Å². The predicted molar refractivity (Wildman–Crippen MR) is 85.2 cm³/mol. The number of hydrogen-bond donors (Lipinski definition) is 2. The average Bonchev–Trinajstić information content (AvgIpc) is 2.43. The predicted octanol–water partition coefficient (Wildman–Crippen LogP) is 2.95. The Labute approximate surface area is 133 Å². The zero-order valence-electron chi connectivity index (χ0n) is 11.2. The molecule has 2 aromatic rings. The quantitative estimate of drug-likeness (QED) is 0.660. The number of nitrogens with one attached hydrogen (secondary N) is 1. The molecule has 112 valence electrons. The molecule has 2 rings (SSSR count). The molecule has 3 N–H and O–H groups in total. The van der Waals surface area contributed by atoms with Crippen LogP contribution in [0.2, 0.25) is 10.0 Å². The summed E-state index contributed by atoms with van der Waals surface area (Å²) in [4.78, 5) is 0.221. The molecule has 7 heteroatoms. The number of sulfone groups is 1. The second-order valence-electron chi connectivity index (χ2n) is 4.61. The fourth-order valence-electron chi connectivity index (χ4n) is 2.03. The van der Waals surface area contributed by atoms with E-state index in [1.807, 2.05) is 0 Å². The Balaban J connectivity index is 2.54. The van der Waals surface area contributed by atoms with Crippen LogP contribution >= 0.6 is 23.2 Å². The van der Waals surface area contributed by atoms with Crippen LogP contribution in [0.5, 0.6) is 0 Å². The summed E-state index contributed by atoms with van der Waals surface area (Å²) in [6, 6.07) is 11.1. The molecule has 0 amide bonds. The van der Waals surface area contributed by atoms with Crippen LogP contribution in [0.4, 0.5) is 0 Å². The Bertz CT molecular complexity index is 763. The third-order valence-corrected chi connectivity index (χ3v) is 4.74. The Hall–Kier alpha value is -1.11. The second-order valence-corrected chi connectivity index (χ2v) is 7.47. The van der Waals surface area contributed by atoms with Crippen molar-refractivity contribution in [3.05, 3.63) is 63.6 Å². The zero-order valence-corrected chi connectivity index (χ0v) is 13.5. The highest BCUT2D eigenvalue weighted by Crippen LogP contribution is 2.31. The molecule has 2 aromatic carbocycles. The molecule has 0 aliphatic rings. The van der Waals surface area contributed by atoms with Gasteiger partial charge in [-0.3, -0.25) is 5.84 Å². The van der Waals surface area contributed by atoms with Gasteiger partial charge in [0, 0.05) is 16.3 Å². The third kappa shape index (κ3) is 3.75. The van der Waals surface area contributed by atoms with Crippen molar-refractivity contribution in [2.75, 3.05) is 6.26 Å². The maximum Gasteiger partial charge on any atom is 0.175 e. The lowest BCUT2D eigenvalue weighted by Crippen LogP contribution is -2.29. The summed E-state index contributed by atoms with van der Waals surface area (Å²) >= 11 is 12.2. The van der Waals surface area contributed by atoms with E-state index in [9.17, 15) is 8.42 Å². The van der Waals surface area contributed by atoms with Gasteiger partial charge in [0.15, 0.2) is 9.84 Å². The highest BCUT2D eigenvalue weighted by molar-refractivity contribution is 7.90. The van der Waals surface area contributed by atoms with Crippen molar-refractivity contribution in [1.29, 1.82) is 0 Å². The molecular weight excluding hydrogens is 331 g/mol. The van der Waals surface area contributed by atoms with Crippen molar-refractivity contribution in [3.63, 3.8) is 0 Å². The topological polar surface area (TPSA) is 72.2 Å². The van der Waals surface area contributed by atoms with Crippen molar-refractivity contribution < 1.29 is 8.42 Å². The van der Waals surface area contributed by atoms with Gasteiger partial charge in [-0.2, -0.15) is 0 Å². The summed E-state index contributed by atoms with van der Waals surface area (Å²) < 4.78 is 23.3. The van der Waals surface area contributed by atoms with E-state index in [1.54, 1.807) is 36.4 Å². The minimum atomic E-state index is -3.30.